The van der Waals surface area contributed by atoms with Crippen molar-refractivity contribution < 1.29 is 23.8 Å². The van der Waals surface area contributed by atoms with Gasteiger partial charge in [-0.2, -0.15) is 0 Å². The lowest BCUT2D eigenvalue weighted by atomic mass is 9.87. The van der Waals surface area contributed by atoms with Gasteiger partial charge in [0.25, 0.3) is 5.91 Å². The Balaban J connectivity index is 1.65. The summed E-state index contributed by atoms with van der Waals surface area (Å²) in [6.45, 7) is 6.51. The molecule has 196 valence electrons. The number of carboxylic acid groups (broad SMARTS) is 1. The Bertz CT molecular complexity index is 1260. The quantitative estimate of drug-likeness (QED) is 0.257. The van der Waals surface area contributed by atoms with Crippen LogP contribution in [0.5, 0.6) is 5.75 Å². The van der Waals surface area contributed by atoms with Gasteiger partial charge in [0, 0.05) is 45.0 Å². The van der Waals surface area contributed by atoms with Crippen molar-refractivity contribution in [3.8, 4) is 16.9 Å². The number of benzene rings is 3. The number of nitrogens with one attached hydrogen (secondary N) is 2. The Labute approximate surface area is 225 Å². The molecule has 0 radical (unpaired) electrons. The summed E-state index contributed by atoms with van der Waals surface area (Å²) in [6, 6.07) is 16.3. The van der Waals surface area contributed by atoms with Gasteiger partial charge in [0.1, 0.15) is 18.2 Å². The molecule has 0 aromatic heterocycles. The second kappa shape index (κ2) is 12.3. The van der Waals surface area contributed by atoms with Crippen LogP contribution in [0.25, 0.3) is 11.1 Å². The van der Waals surface area contributed by atoms with E-state index in [0.717, 1.165) is 5.69 Å². The van der Waals surface area contributed by atoms with Crippen molar-refractivity contribution in [2.45, 2.75) is 33.2 Å². The number of anilines is 1. The lowest BCUT2D eigenvalue weighted by Crippen LogP contribution is -2.39. The predicted octanol–water partition coefficient (Wildman–Crippen LogP) is 6.91. The maximum Gasteiger partial charge on any atom is 0.305 e. The highest BCUT2D eigenvalue weighted by atomic mass is 35.5. The Hall–Kier alpha value is -3.29. The fourth-order valence-corrected chi connectivity index (χ4v) is 4.01. The van der Waals surface area contributed by atoms with Crippen molar-refractivity contribution in [3.05, 3.63) is 82.1 Å². The minimum atomic E-state index is -0.972. The largest absolute Gasteiger partial charge is 0.491 e. The van der Waals surface area contributed by atoms with E-state index in [1.165, 1.54) is 6.07 Å². The first-order valence-corrected chi connectivity index (χ1v) is 12.4. The molecule has 6 nitrogen and oxygen atoms in total. The molecule has 0 unspecified atom stereocenters. The van der Waals surface area contributed by atoms with Crippen molar-refractivity contribution >= 4 is 40.8 Å². The van der Waals surface area contributed by atoms with Gasteiger partial charge in [-0.15, -0.1) is 0 Å². The van der Waals surface area contributed by atoms with E-state index in [2.05, 4.69) is 31.4 Å². The highest BCUT2D eigenvalue weighted by Gasteiger charge is 2.25. The summed E-state index contributed by atoms with van der Waals surface area (Å²) in [5.74, 6) is -1.39. The van der Waals surface area contributed by atoms with E-state index in [1.54, 1.807) is 54.6 Å². The van der Waals surface area contributed by atoms with Crippen molar-refractivity contribution in [2.24, 2.45) is 5.41 Å². The monoisotopic (exact) mass is 546 g/mol. The number of hydrogen-bond acceptors (Lipinski definition) is 4. The van der Waals surface area contributed by atoms with Gasteiger partial charge < -0.3 is 20.5 Å². The molecule has 3 rings (SSSR count). The normalized spacial score (nSPS) is 12.1. The third kappa shape index (κ3) is 8.10. The van der Waals surface area contributed by atoms with Crippen LogP contribution in [-0.4, -0.2) is 36.2 Å². The van der Waals surface area contributed by atoms with E-state index >= 15 is 0 Å². The number of rotatable bonds is 10. The number of carbonyl (C=O) groups is 2. The Kier molecular flexibility index (Phi) is 9.40. The second-order valence-electron chi connectivity index (χ2n) is 9.62. The van der Waals surface area contributed by atoms with Crippen LogP contribution < -0.4 is 15.4 Å². The smallest absolute Gasteiger partial charge is 0.305 e. The summed E-state index contributed by atoms with van der Waals surface area (Å²) < 4.78 is 20.8. The van der Waals surface area contributed by atoms with Gasteiger partial charge in [-0.05, 0) is 53.9 Å². The first kappa shape index (κ1) is 28.3. The van der Waals surface area contributed by atoms with E-state index < -0.39 is 11.8 Å². The van der Waals surface area contributed by atoms with E-state index in [9.17, 15) is 14.0 Å². The molecule has 0 saturated heterocycles. The minimum Gasteiger partial charge on any atom is -0.491 e. The third-order valence-electron chi connectivity index (χ3n) is 5.74. The van der Waals surface area contributed by atoms with Crippen LogP contribution in [0, 0.1) is 11.2 Å². The van der Waals surface area contributed by atoms with Crippen LogP contribution in [-0.2, 0) is 4.79 Å². The zero-order valence-corrected chi connectivity index (χ0v) is 22.3. The Morgan fingerprint density at radius 2 is 1.68 bits per heavy atom. The fraction of sp³-hybridized carbons (Fsp3) is 0.286. The number of aliphatic carboxylic acids is 1. The van der Waals surface area contributed by atoms with Gasteiger partial charge in [-0.25, -0.2) is 4.39 Å². The molecule has 3 aromatic carbocycles. The van der Waals surface area contributed by atoms with Crippen LogP contribution in [0.1, 0.15) is 37.6 Å². The van der Waals surface area contributed by atoms with Crippen LogP contribution in [0.4, 0.5) is 10.1 Å². The molecule has 0 bridgehead atoms. The first-order valence-electron chi connectivity index (χ1n) is 11.7. The van der Waals surface area contributed by atoms with Crippen molar-refractivity contribution in [1.29, 1.82) is 0 Å². The highest BCUT2D eigenvalue weighted by molar-refractivity contribution is 6.36. The van der Waals surface area contributed by atoms with Crippen LogP contribution in [0.3, 0.4) is 0 Å². The summed E-state index contributed by atoms with van der Waals surface area (Å²) in [5.41, 5.74) is 1.90. The molecule has 3 N–H and O–H groups in total. The van der Waals surface area contributed by atoms with Crippen LogP contribution in [0.15, 0.2) is 60.7 Å². The molecule has 0 aliphatic rings. The molecule has 0 fully saturated rings. The Morgan fingerprint density at radius 1 is 1.00 bits per heavy atom. The molecule has 0 heterocycles. The van der Waals surface area contributed by atoms with Crippen molar-refractivity contribution in [1.82, 2.24) is 5.32 Å². The molecule has 9 heteroatoms. The average Bonchev–Trinajstić information content (AvgIpc) is 2.81. The van der Waals surface area contributed by atoms with Gasteiger partial charge in [0.05, 0.1) is 12.5 Å². The van der Waals surface area contributed by atoms with E-state index in [1.807, 2.05) is 0 Å². The molecule has 0 aliphatic heterocycles. The van der Waals surface area contributed by atoms with E-state index in [0.29, 0.717) is 32.5 Å². The fourth-order valence-electron chi connectivity index (χ4n) is 3.50. The number of carbonyl (C=O) groups excluding carboxylic acids is 1. The number of halogens is 3. The standard InChI is InChI=1S/C28H29Cl2FN2O4/c1-28(2,3)25(33-19-7-4-17(5-8-19)27(36)32-13-12-26(34)35)16-37-20-9-11-22(24(31)15-20)21-10-6-18(29)14-23(21)30/h4-11,14-15,25,33H,12-13,16H2,1-3H3,(H,32,36)(H,34,35)/t25-/m1/s1. The van der Waals surface area contributed by atoms with Crippen LogP contribution in [0.2, 0.25) is 10.0 Å². The van der Waals surface area contributed by atoms with Gasteiger partial charge in [-0.3, -0.25) is 9.59 Å². The lowest BCUT2D eigenvalue weighted by Gasteiger charge is -2.32. The summed E-state index contributed by atoms with van der Waals surface area (Å²) in [6.07, 6.45) is -0.139. The second-order valence-corrected chi connectivity index (χ2v) is 10.5. The maximum atomic E-state index is 14.9. The summed E-state index contributed by atoms with van der Waals surface area (Å²) in [5, 5.41) is 15.5. The lowest BCUT2D eigenvalue weighted by molar-refractivity contribution is -0.136. The van der Waals surface area contributed by atoms with Crippen LogP contribution >= 0.6 is 23.2 Å². The minimum absolute atomic E-state index is 0.0614. The average molecular weight is 547 g/mol. The zero-order chi connectivity index (χ0) is 27.2. The van der Waals surface area contributed by atoms with Gasteiger partial charge in [-0.1, -0.05) is 50.0 Å². The molecule has 1 atom stereocenters. The SMILES string of the molecule is CC(C)(C)[C@@H](COc1ccc(-c2ccc(Cl)cc2Cl)c(F)c1)Nc1ccc(C(=O)NCCC(=O)O)cc1. The molecular weight excluding hydrogens is 518 g/mol. The highest BCUT2D eigenvalue weighted by Crippen LogP contribution is 2.34. The molecule has 37 heavy (non-hydrogen) atoms. The zero-order valence-electron chi connectivity index (χ0n) is 20.8. The number of hydrogen-bond donors (Lipinski definition) is 3. The Morgan fingerprint density at radius 3 is 2.27 bits per heavy atom. The number of carboxylic acids is 1. The predicted molar refractivity (Wildman–Crippen MR) is 145 cm³/mol. The van der Waals surface area contributed by atoms with Gasteiger partial charge in [0.15, 0.2) is 0 Å². The number of ether oxygens (including phenoxy) is 1. The topological polar surface area (TPSA) is 87.7 Å². The molecule has 0 saturated carbocycles. The van der Waals surface area contributed by atoms with Gasteiger partial charge in [0.2, 0.25) is 0 Å². The van der Waals surface area contributed by atoms with Crippen molar-refractivity contribution in [2.75, 3.05) is 18.5 Å². The summed E-state index contributed by atoms with van der Waals surface area (Å²) in [7, 11) is 0. The van der Waals surface area contributed by atoms with E-state index in [-0.39, 0.29) is 36.9 Å². The number of amides is 1. The van der Waals surface area contributed by atoms with E-state index in [4.69, 9.17) is 33.0 Å². The van der Waals surface area contributed by atoms with Crippen molar-refractivity contribution in [3.63, 3.8) is 0 Å². The third-order valence-corrected chi connectivity index (χ3v) is 6.28. The maximum absolute atomic E-state index is 14.9. The first-order chi connectivity index (χ1) is 17.4. The molecule has 1 amide bonds. The summed E-state index contributed by atoms with van der Waals surface area (Å²) in [4.78, 5) is 22.8. The summed E-state index contributed by atoms with van der Waals surface area (Å²) >= 11 is 12.2. The molecule has 0 aliphatic carbocycles. The molecule has 3 aromatic rings. The molecule has 0 spiro atoms. The molecular formula is C28H29Cl2FN2O4. The van der Waals surface area contributed by atoms with Gasteiger partial charge >= 0.3 is 5.97 Å².